The van der Waals surface area contributed by atoms with Gasteiger partial charge in [-0.25, -0.2) is 9.37 Å². The van der Waals surface area contributed by atoms with Crippen LogP contribution in [0.15, 0.2) is 18.2 Å². The summed E-state index contributed by atoms with van der Waals surface area (Å²) in [6.45, 7) is 4.74. The Morgan fingerprint density at radius 1 is 1.37 bits per heavy atom. The van der Waals surface area contributed by atoms with Crippen molar-refractivity contribution in [1.29, 1.82) is 0 Å². The number of hydrogen-bond donors (Lipinski definition) is 1. The minimum atomic E-state index is -0.185. The topological polar surface area (TPSA) is 24.9 Å². The van der Waals surface area contributed by atoms with Crippen LogP contribution in [0.25, 0.3) is 10.6 Å². The predicted octanol–water partition coefficient (Wildman–Crippen LogP) is 3.82. The van der Waals surface area contributed by atoms with E-state index in [1.54, 1.807) is 17.4 Å². The summed E-state index contributed by atoms with van der Waals surface area (Å²) in [6, 6.07) is 5.99. The van der Waals surface area contributed by atoms with E-state index in [2.05, 4.69) is 10.3 Å². The molecule has 1 saturated carbocycles. The van der Waals surface area contributed by atoms with E-state index in [4.69, 9.17) is 0 Å². The van der Waals surface area contributed by atoms with Crippen LogP contribution in [0, 0.1) is 19.7 Å². The van der Waals surface area contributed by atoms with Gasteiger partial charge < -0.3 is 5.32 Å². The molecule has 0 unspecified atom stereocenters. The Labute approximate surface area is 116 Å². The third-order valence-electron chi connectivity index (χ3n) is 3.38. The molecule has 1 N–H and O–H groups in total. The highest BCUT2D eigenvalue weighted by Crippen LogP contribution is 2.30. The molecule has 0 aliphatic heterocycles. The molecule has 1 fully saturated rings. The summed E-state index contributed by atoms with van der Waals surface area (Å²) in [7, 11) is 0. The van der Waals surface area contributed by atoms with Crippen molar-refractivity contribution in [2.75, 3.05) is 0 Å². The fourth-order valence-corrected chi connectivity index (χ4v) is 3.07. The zero-order valence-electron chi connectivity index (χ0n) is 11.2. The average Bonchev–Trinajstić information content (AvgIpc) is 3.11. The third-order valence-corrected chi connectivity index (χ3v) is 4.57. The lowest BCUT2D eigenvalue weighted by Gasteiger charge is -2.00. The van der Waals surface area contributed by atoms with Gasteiger partial charge in [0.15, 0.2) is 0 Å². The fourth-order valence-electron chi connectivity index (χ4n) is 2.03. The molecular weight excluding hydrogens is 259 g/mol. The molecule has 100 valence electrons. The second-order valence-corrected chi connectivity index (χ2v) is 6.25. The molecule has 0 saturated heterocycles. The van der Waals surface area contributed by atoms with Gasteiger partial charge in [0.25, 0.3) is 0 Å². The molecule has 0 bridgehead atoms. The number of benzene rings is 1. The van der Waals surface area contributed by atoms with E-state index in [0.717, 1.165) is 22.8 Å². The van der Waals surface area contributed by atoms with Crippen molar-refractivity contribution >= 4 is 11.3 Å². The smallest absolute Gasteiger partial charge is 0.133 e. The van der Waals surface area contributed by atoms with Gasteiger partial charge in [-0.1, -0.05) is 6.07 Å². The first-order chi connectivity index (χ1) is 9.13. The normalized spacial score (nSPS) is 14.9. The molecule has 1 aliphatic carbocycles. The summed E-state index contributed by atoms with van der Waals surface area (Å²) in [5.74, 6) is -0.185. The van der Waals surface area contributed by atoms with Crippen molar-refractivity contribution in [2.24, 2.45) is 0 Å². The highest BCUT2D eigenvalue weighted by Gasteiger charge is 2.21. The zero-order chi connectivity index (χ0) is 13.4. The van der Waals surface area contributed by atoms with E-state index in [-0.39, 0.29) is 5.82 Å². The molecule has 4 heteroatoms. The van der Waals surface area contributed by atoms with Crippen LogP contribution in [0.2, 0.25) is 0 Å². The van der Waals surface area contributed by atoms with Gasteiger partial charge in [0, 0.05) is 23.0 Å². The summed E-state index contributed by atoms with van der Waals surface area (Å²) in [5.41, 5.74) is 2.55. The SMILES string of the molecule is Cc1ccc(-c2nc(C)c(CNC3CC3)s2)c(F)c1. The molecule has 0 radical (unpaired) electrons. The Morgan fingerprint density at radius 3 is 2.84 bits per heavy atom. The van der Waals surface area contributed by atoms with Crippen LogP contribution in [0.4, 0.5) is 4.39 Å². The number of aryl methyl sites for hydroxylation is 2. The van der Waals surface area contributed by atoms with Gasteiger partial charge in [-0.3, -0.25) is 0 Å². The van der Waals surface area contributed by atoms with Crippen LogP contribution in [0.3, 0.4) is 0 Å². The van der Waals surface area contributed by atoms with Gasteiger partial charge >= 0.3 is 0 Å². The largest absolute Gasteiger partial charge is 0.309 e. The average molecular weight is 276 g/mol. The molecular formula is C15H17FN2S. The van der Waals surface area contributed by atoms with E-state index in [1.807, 2.05) is 26.0 Å². The lowest BCUT2D eigenvalue weighted by atomic mass is 10.1. The summed E-state index contributed by atoms with van der Waals surface area (Å²) in [5, 5.41) is 4.26. The number of hydrogen-bond acceptors (Lipinski definition) is 3. The molecule has 2 aromatic rings. The predicted molar refractivity (Wildman–Crippen MR) is 76.8 cm³/mol. The summed E-state index contributed by atoms with van der Waals surface area (Å²) >= 11 is 1.59. The van der Waals surface area contributed by atoms with Crippen molar-refractivity contribution in [3.63, 3.8) is 0 Å². The molecule has 0 atom stereocenters. The Hall–Kier alpha value is -1.26. The Balaban J connectivity index is 1.85. The van der Waals surface area contributed by atoms with E-state index in [9.17, 15) is 4.39 Å². The first-order valence-corrected chi connectivity index (χ1v) is 7.41. The van der Waals surface area contributed by atoms with Gasteiger partial charge in [-0.2, -0.15) is 0 Å². The van der Waals surface area contributed by atoms with Crippen molar-refractivity contribution < 1.29 is 4.39 Å². The highest BCUT2D eigenvalue weighted by atomic mass is 32.1. The number of thiazole rings is 1. The summed E-state index contributed by atoms with van der Waals surface area (Å²) in [6.07, 6.45) is 2.55. The van der Waals surface area contributed by atoms with Gasteiger partial charge in [0.2, 0.25) is 0 Å². The Bertz CT molecular complexity index is 602. The first kappa shape index (κ1) is 12.8. The van der Waals surface area contributed by atoms with Crippen molar-refractivity contribution in [2.45, 2.75) is 39.3 Å². The molecule has 0 amide bonds. The first-order valence-electron chi connectivity index (χ1n) is 6.59. The van der Waals surface area contributed by atoms with Gasteiger partial charge in [0.05, 0.1) is 5.69 Å². The number of nitrogens with one attached hydrogen (secondary N) is 1. The van der Waals surface area contributed by atoms with Crippen LogP contribution in [-0.4, -0.2) is 11.0 Å². The summed E-state index contributed by atoms with van der Waals surface area (Å²) in [4.78, 5) is 5.72. The highest BCUT2D eigenvalue weighted by molar-refractivity contribution is 7.15. The maximum Gasteiger partial charge on any atom is 0.133 e. The van der Waals surface area contributed by atoms with E-state index in [1.165, 1.54) is 17.7 Å². The van der Waals surface area contributed by atoms with Crippen LogP contribution < -0.4 is 5.32 Å². The molecule has 0 spiro atoms. The maximum absolute atomic E-state index is 14.0. The second kappa shape index (κ2) is 5.02. The number of nitrogens with zero attached hydrogens (tertiary/aromatic N) is 1. The van der Waals surface area contributed by atoms with Gasteiger partial charge in [0.1, 0.15) is 10.8 Å². The van der Waals surface area contributed by atoms with Crippen LogP contribution >= 0.6 is 11.3 Å². The Morgan fingerprint density at radius 2 is 2.16 bits per heavy atom. The van der Waals surface area contributed by atoms with Crippen LogP contribution in [0.5, 0.6) is 0 Å². The lowest BCUT2D eigenvalue weighted by molar-refractivity contribution is 0.630. The van der Waals surface area contributed by atoms with E-state index in [0.29, 0.717) is 11.6 Å². The van der Waals surface area contributed by atoms with Gasteiger partial charge in [-0.15, -0.1) is 11.3 Å². The molecule has 1 heterocycles. The van der Waals surface area contributed by atoms with Crippen molar-refractivity contribution in [3.8, 4) is 10.6 Å². The van der Waals surface area contributed by atoms with Crippen LogP contribution in [-0.2, 0) is 6.54 Å². The summed E-state index contributed by atoms with van der Waals surface area (Å²) < 4.78 is 14.0. The molecule has 3 rings (SSSR count). The van der Waals surface area contributed by atoms with Crippen molar-refractivity contribution in [3.05, 3.63) is 40.2 Å². The van der Waals surface area contributed by atoms with E-state index >= 15 is 0 Å². The minimum Gasteiger partial charge on any atom is -0.309 e. The molecule has 19 heavy (non-hydrogen) atoms. The second-order valence-electron chi connectivity index (χ2n) is 5.17. The monoisotopic (exact) mass is 276 g/mol. The standard InChI is InChI=1S/C15H17FN2S/c1-9-3-6-12(13(16)7-9)15-18-10(2)14(19-15)8-17-11-4-5-11/h3,6-7,11,17H,4-5,8H2,1-2H3. The number of aromatic nitrogens is 1. The Kier molecular flexibility index (Phi) is 3.37. The number of rotatable bonds is 4. The van der Waals surface area contributed by atoms with E-state index < -0.39 is 0 Å². The molecule has 1 aliphatic rings. The maximum atomic E-state index is 14.0. The zero-order valence-corrected chi connectivity index (χ0v) is 12.0. The van der Waals surface area contributed by atoms with Crippen molar-refractivity contribution in [1.82, 2.24) is 10.3 Å². The molecule has 2 nitrogen and oxygen atoms in total. The third kappa shape index (κ3) is 2.85. The number of halogens is 1. The lowest BCUT2D eigenvalue weighted by Crippen LogP contribution is -2.14. The molecule has 1 aromatic heterocycles. The molecule has 1 aromatic carbocycles. The van der Waals surface area contributed by atoms with Crippen LogP contribution in [0.1, 0.15) is 29.0 Å². The van der Waals surface area contributed by atoms with Gasteiger partial charge in [-0.05, 0) is 44.4 Å². The fraction of sp³-hybridized carbons (Fsp3) is 0.400. The quantitative estimate of drug-likeness (QED) is 0.918. The minimum absolute atomic E-state index is 0.185.